The number of aromatic nitrogens is 2. The van der Waals surface area contributed by atoms with Crippen molar-refractivity contribution in [2.45, 2.75) is 17.7 Å². The third kappa shape index (κ3) is 4.31. The van der Waals surface area contributed by atoms with E-state index in [-0.39, 0.29) is 22.5 Å². The van der Waals surface area contributed by atoms with E-state index in [1.54, 1.807) is 0 Å². The lowest BCUT2D eigenvalue weighted by Crippen LogP contribution is -2.47. The molecule has 0 bridgehead atoms. The molecule has 0 spiro atoms. The summed E-state index contributed by atoms with van der Waals surface area (Å²) in [6.45, 7) is 0.424. The summed E-state index contributed by atoms with van der Waals surface area (Å²) in [7, 11) is 0. The Kier molecular flexibility index (Phi) is 6.39. The second-order valence-electron chi connectivity index (χ2n) is 5.55. The van der Waals surface area contributed by atoms with Gasteiger partial charge in [-0.3, -0.25) is 9.59 Å². The first kappa shape index (κ1) is 19.0. The van der Waals surface area contributed by atoms with Crippen molar-refractivity contribution < 1.29 is 9.59 Å². The molecule has 136 valence electrons. The Bertz CT molecular complexity index is 807. The van der Waals surface area contributed by atoms with Gasteiger partial charge in [0.15, 0.2) is 10.9 Å². The molecule has 3 rings (SSSR count). The van der Waals surface area contributed by atoms with Gasteiger partial charge in [0.2, 0.25) is 5.91 Å². The fourth-order valence-corrected chi connectivity index (χ4v) is 4.16. The van der Waals surface area contributed by atoms with Crippen molar-refractivity contribution in [3.63, 3.8) is 0 Å². The van der Waals surface area contributed by atoms with Crippen LogP contribution < -0.4 is 5.32 Å². The van der Waals surface area contributed by atoms with Crippen LogP contribution in [-0.4, -0.2) is 50.6 Å². The Hall–Kier alpha value is -1.77. The molecule has 2 amide bonds. The number of hydrogen-bond acceptors (Lipinski definition) is 6. The van der Waals surface area contributed by atoms with Gasteiger partial charge in [-0.25, -0.2) is 9.97 Å². The smallest absolute Gasteiger partial charge is 0.275 e. The van der Waals surface area contributed by atoms with Crippen molar-refractivity contribution in [3.8, 4) is 0 Å². The summed E-state index contributed by atoms with van der Waals surface area (Å²) in [5.41, 5.74) is 1.14. The normalized spacial score (nSPS) is 16.5. The number of rotatable bonds is 5. The van der Waals surface area contributed by atoms with Gasteiger partial charge >= 0.3 is 0 Å². The Morgan fingerprint density at radius 2 is 2.15 bits per heavy atom. The van der Waals surface area contributed by atoms with Crippen LogP contribution >= 0.6 is 35.1 Å². The number of benzene rings is 1. The van der Waals surface area contributed by atoms with Crippen LogP contribution in [-0.2, 0) is 11.3 Å². The highest BCUT2D eigenvalue weighted by Gasteiger charge is 2.36. The van der Waals surface area contributed by atoms with Crippen LogP contribution in [0.2, 0.25) is 5.02 Å². The zero-order valence-electron chi connectivity index (χ0n) is 14.0. The molecule has 0 unspecified atom stereocenters. The molecule has 1 aliphatic rings. The van der Waals surface area contributed by atoms with E-state index >= 15 is 0 Å². The van der Waals surface area contributed by atoms with E-state index in [2.05, 4.69) is 15.3 Å². The molecular weight excluding hydrogens is 392 g/mol. The van der Waals surface area contributed by atoms with E-state index in [4.69, 9.17) is 11.6 Å². The van der Waals surface area contributed by atoms with Gasteiger partial charge in [-0.05, 0) is 11.8 Å². The van der Waals surface area contributed by atoms with E-state index in [9.17, 15) is 9.59 Å². The van der Waals surface area contributed by atoms with Gasteiger partial charge in [-0.1, -0.05) is 53.7 Å². The van der Waals surface area contributed by atoms with Crippen LogP contribution in [0, 0.1) is 0 Å². The average molecular weight is 409 g/mol. The predicted octanol–water partition coefficient (Wildman–Crippen LogP) is 2.68. The standard InChI is InChI=1S/C17H17ClN4O2S2/c1-25-17-20-8-12(18)14(21-17)16(24)22-10-26-9-13(22)15(23)19-7-11-5-3-2-4-6-11/h2-6,8,13H,7,9-10H2,1H3,(H,19,23)/t13-/m1/s1. The quantitative estimate of drug-likeness (QED) is 0.605. The number of carbonyl (C=O) groups is 2. The molecule has 26 heavy (non-hydrogen) atoms. The number of thioether (sulfide) groups is 2. The molecular formula is C17H17ClN4O2S2. The fourth-order valence-electron chi connectivity index (χ4n) is 2.50. The first-order chi connectivity index (χ1) is 12.6. The van der Waals surface area contributed by atoms with Crippen LogP contribution in [0.15, 0.2) is 41.7 Å². The maximum absolute atomic E-state index is 12.9. The minimum Gasteiger partial charge on any atom is -0.350 e. The maximum atomic E-state index is 12.9. The molecule has 0 saturated carbocycles. The van der Waals surface area contributed by atoms with Crippen molar-refractivity contribution in [2.75, 3.05) is 17.9 Å². The van der Waals surface area contributed by atoms with Crippen molar-refractivity contribution in [3.05, 3.63) is 52.8 Å². The highest BCUT2D eigenvalue weighted by atomic mass is 35.5. The maximum Gasteiger partial charge on any atom is 0.275 e. The molecule has 2 heterocycles. The summed E-state index contributed by atoms with van der Waals surface area (Å²) >= 11 is 8.97. The molecule has 1 N–H and O–H groups in total. The lowest BCUT2D eigenvalue weighted by Gasteiger charge is -2.23. The van der Waals surface area contributed by atoms with Crippen molar-refractivity contribution >= 4 is 46.9 Å². The average Bonchev–Trinajstić information content (AvgIpc) is 3.17. The zero-order chi connectivity index (χ0) is 18.5. The number of hydrogen-bond donors (Lipinski definition) is 1. The van der Waals surface area contributed by atoms with Crippen LogP contribution in [0.3, 0.4) is 0 Å². The second kappa shape index (κ2) is 8.75. The van der Waals surface area contributed by atoms with Crippen LogP contribution in [0.5, 0.6) is 0 Å². The van der Waals surface area contributed by atoms with Crippen LogP contribution in [0.25, 0.3) is 0 Å². The van der Waals surface area contributed by atoms with Crippen molar-refractivity contribution in [1.29, 1.82) is 0 Å². The lowest BCUT2D eigenvalue weighted by molar-refractivity contribution is -0.124. The number of amides is 2. The Morgan fingerprint density at radius 3 is 2.88 bits per heavy atom. The van der Waals surface area contributed by atoms with E-state index in [1.165, 1.54) is 34.6 Å². The number of nitrogens with zero attached hydrogens (tertiary/aromatic N) is 3. The zero-order valence-corrected chi connectivity index (χ0v) is 16.4. The second-order valence-corrected chi connectivity index (χ2v) is 7.73. The number of nitrogens with one attached hydrogen (secondary N) is 1. The van der Waals surface area contributed by atoms with Gasteiger partial charge in [-0.15, -0.1) is 11.8 Å². The Morgan fingerprint density at radius 1 is 1.38 bits per heavy atom. The molecule has 2 aromatic rings. The van der Waals surface area contributed by atoms with E-state index in [0.29, 0.717) is 23.3 Å². The van der Waals surface area contributed by atoms with Gasteiger partial charge in [-0.2, -0.15) is 0 Å². The Balaban J connectivity index is 1.71. The molecule has 1 saturated heterocycles. The minimum absolute atomic E-state index is 0.134. The summed E-state index contributed by atoms with van der Waals surface area (Å²) in [5.74, 6) is 0.446. The van der Waals surface area contributed by atoms with Gasteiger partial charge in [0, 0.05) is 12.3 Å². The monoisotopic (exact) mass is 408 g/mol. The van der Waals surface area contributed by atoms with Gasteiger partial charge in [0.25, 0.3) is 5.91 Å². The first-order valence-electron chi connectivity index (χ1n) is 7.87. The summed E-state index contributed by atoms with van der Waals surface area (Å²) in [5, 5.41) is 3.55. The summed E-state index contributed by atoms with van der Waals surface area (Å²) in [6, 6.07) is 9.11. The third-order valence-corrected chi connectivity index (χ3v) is 5.71. The van der Waals surface area contributed by atoms with Crippen molar-refractivity contribution in [1.82, 2.24) is 20.2 Å². The number of halogens is 1. The predicted molar refractivity (Wildman–Crippen MR) is 104 cm³/mol. The van der Waals surface area contributed by atoms with Gasteiger partial charge in [0.1, 0.15) is 6.04 Å². The molecule has 1 aromatic heterocycles. The third-order valence-electron chi connectivity index (χ3n) is 3.86. The van der Waals surface area contributed by atoms with E-state index < -0.39 is 6.04 Å². The number of carbonyl (C=O) groups excluding carboxylic acids is 2. The minimum atomic E-state index is -0.542. The summed E-state index contributed by atoms with van der Waals surface area (Å²) in [4.78, 5) is 35.2. The Labute approximate surface area is 165 Å². The fraction of sp³-hybridized carbons (Fsp3) is 0.294. The van der Waals surface area contributed by atoms with Gasteiger partial charge in [0.05, 0.1) is 17.1 Å². The SMILES string of the molecule is CSc1ncc(Cl)c(C(=O)N2CSC[C@@H]2C(=O)NCc2ccccc2)n1. The molecule has 1 atom stereocenters. The summed E-state index contributed by atoms with van der Waals surface area (Å²) in [6.07, 6.45) is 3.24. The lowest BCUT2D eigenvalue weighted by atomic mass is 10.2. The topological polar surface area (TPSA) is 75.2 Å². The molecule has 0 radical (unpaired) electrons. The largest absolute Gasteiger partial charge is 0.350 e. The van der Waals surface area contributed by atoms with Crippen LogP contribution in [0.4, 0.5) is 0 Å². The van der Waals surface area contributed by atoms with Crippen molar-refractivity contribution in [2.24, 2.45) is 0 Å². The van der Waals surface area contributed by atoms with Gasteiger partial charge < -0.3 is 10.2 Å². The molecule has 6 nitrogen and oxygen atoms in total. The molecule has 9 heteroatoms. The summed E-state index contributed by atoms with van der Waals surface area (Å²) < 4.78 is 0. The highest BCUT2D eigenvalue weighted by Crippen LogP contribution is 2.26. The molecule has 1 aromatic carbocycles. The molecule has 1 aliphatic heterocycles. The highest BCUT2D eigenvalue weighted by molar-refractivity contribution is 7.99. The van der Waals surface area contributed by atoms with Crippen LogP contribution in [0.1, 0.15) is 16.1 Å². The molecule has 1 fully saturated rings. The first-order valence-corrected chi connectivity index (χ1v) is 10.6. The van der Waals surface area contributed by atoms with E-state index in [0.717, 1.165) is 5.56 Å². The molecule has 0 aliphatic carbocycles. The van der Waals surface area contributed by atoms with E-state index in [1.807, 2.05) is 36.6 Å².